The van der Waals surface area contributed by atoms with Crippen molar-refractivity contribution in [3.05, 3.63) is 41.0 Å². The maximum absolute atomic E-state index is 13.9. The summed E-state index contributed by atoms with van der Waals surface area (Å²) in [6, 6.07) is 7.01. The van der Waals surface area contributed by atoms with Crippen LogP contribution >= 0.6 is 11.3 Å². The van der Waals surface area contributed by atoms with Gasteiger partial charge in [-0.05, 0) is 48.1 Å². The van der Waals surface area contributed by atoms with Gasteiger partial charge in [-0.25, -0.2) is 9.18 Å². The quantitative estimate of drug-likeness (QED) is 0.421. The molecular weight excluding hydrogens is 483 g/mol. The Morgan fingerprint density at radius 3 is 2.63 bits per heavy atom. The van der Waals surface area contributed by atoms with Crippen molar-refractivity contribution in [1.29, 1.82) is 0 Å². The molecule has 3 rings (SSSR count). The Balaban J connectivity index is 1.85. The third-order valence-corrected chi connectivity index (χ3v) is 7.38. The number of methoxy groups -OCH3 is 1. The molecule has 0 spiro atoms. The molecule has 1 aromatic carbocycles. The molecule has 2 atom stereocenters. The van der Waals surface area contributed by atoms with E-state index in [0.29, 0.717) is 31.0 Å². The fraction of sp³-hybridized carbons (Fsp3) is 0.560. The van der Waals surface area contributed by atoms with E-state index in [-0.39, 0.29) is 35.8 Å². The summed E-state index contributed by atoms with van der Waals surface area (Å²) in [5.74, 6) is -1.60. The molecule has 0 bridgehead atoms. The van der Waals surface area contributed by atoms with Gasteiger partial charge in [-0.15, -0.1) is 11.3 Å². The lowest BCUT2D eigenvalue weighted by molar-refractivity contribution is -0.183. The van der Waals surface area contributed by atoms with Gasteiger partial charge in [0, 0.05) is 42.1 Å². The summed E-state index contributed by atoms with van der Waals surface area (Å²) in [6.45, 7) is 5.01. The first-order valence-electron chi connectivity index (χ1n) is 11.4. The Morgan fingerprint density at radius 2 is 2.00 bits per heavy atom. The summed E-state index contributed by atoms with van der Waals surface area (Å²) in [6.07, 6.45) is 0.388. The van der Waals surface area contributed by atoms with Crippen LogP contribution in [0.2, 0.25) is 0 Å². The zero-order chi connectivity index (χ0) is 25.8. The van der Waals surface area contributed by atoms with Crippen molar-refractivity contribution in [3.63, 3.8) is 0 Å². The van der Waals surface area contributed by atoms with Crippen LogP contribution in [-0.2, 0) is 20.8 Å². The van der Waals surface area contributed by atoms with Gasteiger partial charge in [-0.1, -0.05) is 20.8 Å². The van der Waals surface area contributed by atoms with E-state index in [1.54, 1.807) is 6.07 Å². The number of piperidine rings is 1. The molecule has 1 aliphatic rings. The van der Waals surface area contributed by atoms with E-state index in [9.17, 15) is 23.1 Å². The SMILES string of the molecule is COCCO[C@@]1(C(=O)O)C[C@@H](C(C)(C)C)CN(Cc2ccc(-c3cc(F)ccc3OC(F)F)s2)C1. The lowest BCUT2D eigenvalue weighted by Gasteiger charge is -2.47. The van der Waals surface area contributed by atoms with Crippen LogP contribution < -0.4 is 4.74 Å². The third kappa shape index (κ3) is 6.97. The molecule has 0 aliphatic carbocycles. The van der Waals surface area contributed by atoms with Crippen LogP contribution in [0, 0.1) is 17.2 Å². The highest BCUT2D eigenvalue weighted by atomic mass is 32.1. The van der Waals surface area contributed by atoms with Gasteiger partial charge in [0.1, 0.15) is 11.6 Å². The van der Waals surface area contributed by atoms with E-state index in [4.69, 9.17) is 9.47 Å². The number of thiophene rings is 1. The molecule has 194 valence electrons. The van der Waals surface area contributed by atoms with Crippen molar-refractivity contribution in [2.75, 3.05) is 33.4 Å². The number of carbonyl (C=O) groups is 1. The van der Waals surface area contributed by atoms with E-state index in [2.05, 4.69) is 30.4 Å². The summed E-state index contributed by atoms with van der Waals surface area (Å²) in [7, 11) is 1.53. The van der Waals surface area contributed by atoms with Crippen molar-refractivity contribution in [3.8, 4) is 16.2 Å². The third-order valence-electron chi connectivity index (χ3n) is 6.28. The minimum atomic E-state index is -3.02. The topological polar surface area (TPSA) is 68.2 Å². The number of halogens is 3. The van der Waals surface area contributed by atoms with Gasteiger partial charge in [0.15, 0.2) is 5.60 Å². The molecule has 6 nitrogen and oxygen atoms in total. The van der Waals surface area contributed by atoms with E-state index < -0.39 is 24.0 Å². The highest BCUT2D eigenvalue weighted by Gasteiger charge is 2.49. The monoisotopic (exact) mass is 515 g/mol. The van der Waals surface area contributed by atoms with Crippen LogP contribution in [0.1, 0.15) is 32.1 Å². The van der Waals surface area contributed by atoms with Gasteiger partial charge in [0.25, 0.3) is 0 Å². The van der Waals surface area contributed by atoms with Gasteiger partial charge in [0.05, 0.1) is 13.2 Å². The van der Waals surface area contributed by atoms with Gasteiger partial charge >= 0.3 is 12.6 Å². The van der Waals surface area contributed by atoms with Gasteiger partial charge in [-0.3, -0.25) is 4.90 Å². The second kappa shape index (κ2) is 11.3. The summed E-state index contributed by atoms with van der Waals surface area (Å²) in [5.41, 5.74) is -1.26. The number of likely N-dealkylation sites (tertiary alicyclic amines) is 1. The van der Waals surface area contributed by atoms with Crippen molar-refractivity contribution in [2.24, 2.45) is 11.3 Å². The normalized spacial score (nSPS) is 21.4. The molecule has 1 aliphatic heterocycles. The fourth-order valence-corrected chi connectivity index (χ4v) is 5.40. The minimum Gasteiger partial charge on any atom is -0.479 e. The Kier molecular flexibility index (Phi) is 8.85. The van der Waals surface area contributed by atoms with Crippen LogP contribution in [0.15, 0.2) is 30.3 Å². The molecule has 2 heterocycles. The Morgan fingerprint density at radius 1 is 1.26 bits per heavy atom. The molecule has 1 saturated heterocycles. The van der Waals surface area contributed by atoms with Gasteiger partial charge in [-0.2, -0.15) is 8.78 Å². The van der Waals surface area contributed by atoms with Crippen molar-refractivity contribution < 1.29 is 37.3 Å². The molecule has 0 radical (unpaired) electrons. The van der Waals surface area contributed by atoms with Crippen LogP contribution in [0.25, 0.3) is 10.4 Å². The first-order valence-corrected chi connectivity index (χ1v) is 12.2. The van der Waals surface area contributed by atoms with Crippen molar-refractivity contribution in [1.82, 2.24) is 4.90 Å². The van der Waals surface area contributed by atoms with Crippen LogP contribution in [0.5, 0.6) is 5.75 Å². The average Bonchev–Trinajstić information content (AvgIpc) is 3.22. The highest BCUT2D eigenvalue weighted by Crippen LogP contribution is 2.41. The molecule has 1 fully saturated rings. The summed E-state index contributed by atoms with van der Waals surface area (Å²) >= 11 is 1.33. The number of aliphatic carboxylic acids is 1. The number of rotatable bonds is 10. The number of hydrogen-bond acceptors (Lipinski definition) is 6. The zero-order valence-corrected chi connectivity index (χ0v) is 21.2. The lowest BCUT2D eigenvalue weighted by atomic mass is 9.71. The predicted molar refractivity (Wildman–Crippen MR) is 127 cm³/mol. The fourth-order valence-electron chi connectivity index (χ4n) is 4.33. The molecule has 1 aromatic heterocycles. The first-order chi connectivity index (χ1) is 16.4. The summed E-state index contributed by atoms with van der Waals surface area (Å²) in [5, 5.41) is 10.1. The number of alkyl halides is 2. The number of benzene rings is 1. The number of carboxylic acids is 1. The predicted octanol–water partition coefficient (Wildman–Crippen LogP) is 5.51. The smallest absolute Gasteiger partial charge is 0.387 e. The van der Waals surface area contributed by atoms with E-state index in [0.717, 1.165) is 10.9 Å². The van der Waals surface area contributed by atoms with E-state index in [1.165, 1.54) is 30.6 Å². The Labute approximate surface area is 207 Å². The van der Waals surface area contributed by atoms with Crippen LogP contribution in [-0.4, -0.2) is 61.6 Å². The molecule has 0 unspecified atom stereocenters. The number of ether oxygens (including phenoxy) is 3. The zero-order valence-electron chi connectivity index (χ0n) is 20.4. The number of nitrogens with zero attached hydrogens (tertiary/aromatic N) is 1. The number of hydrogen-bond donors (Lipinski definition) is 1. The molecule has 0 saturated carbocycles. The number of carboxylic acid groups (broad SMARTS) is 1. The second-order valence-electron chi connectivity index (χ2n) is 9.86. The lowest BCUT2D eigenvalue weighted by Crippen LogP contribution is -2.59. The first kappa shape index (κ1) is 27.4. The molecule has 2 aromatic rings. The summed E-state index contributed by atoms with van der Waals surface area (Å²) < 4.78 is 55.1. The highest BCUT2D eigenvalue weighted by molar-refractivity contribution is 7.15. The largest absolute Gasteiger partial charge is 0.479 e. The standard InChI is InChI=1S/C25H32F3NO5S/c1-24(2,3)16-12-25(22(30)31,33-10-9-32-4)15-29(13-16)14-18-6-8-21(35-18)19-11-17(26)5-7-20(19)34-23(27)28/h5-8,11,16,23H,9-10,12-15H2,1-4H3,(H,30,31)/t16-,25+/m1/s1. The van der Waals surface area contributed by atoms with Crippen LogP contribution in [0.3, 0.4) is 0 Å². The molecule has 10 heteroatoms. The van der Waals surface area contributed by atoms with E-state index in [1.807, 2.05) is 6.07 Å². The maximum Gasteiger partial charge on any atom is 0.387 e. The van der Waals surface area contributed by atoms with E-state index >= 15 is 0 Å². The molecule has 35 heavy (non-hydrogen) atoms. The molecule has 1 N–H and O–H groups in total. The Hall–Kier alpha value is -2.14. The van der Waals surface area contributed by atoms with Crippen LogP contribution in [0.4, 0.5) is 13.2 Å². The van der Waals surface area contributed by atoms with Crippen molar-refractivity contribution in [2.45, 2.75) is 45.9 Å². The van der Waals surface area contributed by atoms with Gasteiger partial charge in [0.2, 0.25) is 0 Å². The van der Waals surface area contributed by atoms with Gasteiger partial charge < -0.3 is 19.3 Å². The minimum absolute atomic E-state index is 0.0589. The molecule has 0 amide bonds. The van der Waals surface area contributed by atoms with Crippen molar-refractivity contribution >= 4 is 17.3 Å². The average molecular weight is 516 g/mol. The molecular formula is C25H32F3NO5S. The summed E-state index contributed by atoms with van der Waals surface area (Å²) in [4.78, 5) is 15.9. The second-order valence-corrected chi connectivity index (χ2v) is 11.0. The maximum atomic E-state index is 13.9. The Bertz CT molecular complexity index is 1010.